The molecule has 0 atom stereocenters. The van der Waals surface area contributed by atoms with Crippen molar-refractivity contribution in [2.45, 2.75) is 11.1 Å². The fraction of sp³-hybridized carbons (Fsp3) is 0.0500. The van der Waals surface area contributed by atoms with Crippen LogP contribution in [0.2, 0.25) is 5.02 Å². The summed E-state index contributed by atoms with van der Waals surface area (Å²) in [6.45, 7) is 0. The van der Waals surface area contributed by atoms with Crippen LogP contribution in [-0.4, -0.2) is 23.8 Å². The highest BCUT2D eigenvalue weighted by Gasteiger charge is 2.31. The van der Waals surface area contributed by atoms with Crippen LogP contribution in [0, 0.1) is 10.1 Å². The van der Waals surface area contributed by atoms with Crippen molar-refractivity contribution < 1.29 is 40.6 Å². The maximum atomic E-state index is 12.8. The van der Waals surface area contributed by atoms with E-state index in [0.717, 1.165) is 54.6 Å². The van der Waals surface area contributed by atoms with Gasteiger partial charge in [0.1, 0.15) is 17.1 Å². The molecule has 3 aromatic rings. The molecule has 0 unspecified atom stereocenters. The zero-order valence-corrected chi connectivity index (χ0v) is 18.1. The molecule has 0 fully saturated rings. The van der Waals surface area contributed by atoms with E-state index in [1.54, 1.807) is 0 Å². The Morgan fingerprint density at radius 1 is 1.06 bits per heavy atom. The molecule has 0 saturated carbocycles. The summed E-state index contributed by atoms with van der Waals surface area (Å²) in [6, 6.07) is 9.73. The zero-order valence-electron chi connectivity index (χ0n) is 16.5. The van der Waals surface area contributed by atoms with E-state index in [4.69, 9.17) is 20.9 Å². The second-order valence-corrected chi connectivity index (χ2v) is 8.46. The number of hydrogen-bond donors (Lipinski definition) is 2. The number of nitrogens with one attached hydrogen (secondary N) is 1. The Morgan fingerprint density at radius 2 is 1.71 bits per heavy atom. The van der Waals surface area contributed by atoms with E-state index in [1.807, 2.05) is 0 Å². The summed E-state index contributed by atoms with van der Waals surface area (Å²) in [5.41, 5.74) is -2.00. The molecule has 178 valence electrons. The Hall–Kier alpha value is -3.68. The number of hydrogen-bond acceptors (Lipinski definition) is 6. The van der Waals surface area contributed by atoms with Crippen molar-refractivity contribution in [3.63, 3.8) is 0 Å². The minimum absolute atomic E-state index is 0.0591. The first-order valence-corrected chi connectivity index (χ1v) is 10.8. The summed E-state index contributed by atoms with van der Waals surface area (Å²) in [7, 11) is -4.46. The van der Waals surface area contributed by atoms with E-state index < -0.39 is 48.8 Å². The van der Waals surface area contributed by atoms with E-state index in [0.29, 0.717) is 6.07 Å². The van der Waals surface area contributed by atoms with Gasteiger partial charge < -0.3 is 10.1 Å². The van der Waals surface area contributed by atoms with Gasteiger partial charge in [-0.3, -0.25) is 19.5 Å². The van der Waals surface area contributed by atoms with Crippen LogP contribution in [-0.2, 0) is 16.3 Å². The number of nitro groups is 1. The largest absolute Gasteiger partial charge is 0.456 e. The number of nitro benzene ring substituents is 1. The predicted octanol–water partition coefficient (Wildman–Crippen LogP) is 5.56. The second-order valence-electron chi connectivity index (χ2n) is 6.63. The van der Waals surface area contributed by atoms with Crippen LogP contribution in [0.4, 0.5) is 24.5 Å². The number of benzene rings is 3. The lowest BCUT2D eigenvalue weighted by molar-refractivity contribution is -0.385. The van der Waals surface area contributed by atoms with E-state index in [-0.39, 0.29) is 22.2 Å². The van der Waals surface area contributed by atoms with Crippen molar-refractivity contribution in [3.8, 4) is 11.5 Å². The smallest absolute Gasteiger partial charge is 0.416 e. The van der Waals surface area contributed by atoms with Gasteiger partial charge in [0.15, 0.2) is 0 Å². The fourth-order valence-corrected chi connectivity index (χ4v) is 3.41. The molecule has 3 rings (SSSR count). The third kappa shape index (κ3) is 5.81. The Kier molecular flexibility index (Phi) is 6.82. The van der Waals surface area contributed by atoms with Gasteiger partial charge in [0.05, 0.1) is 20.4 Å². The van der Waals surface area contributed by atoms with Crippen molar-refractivity contribution >= 4 is 39.0 Å². The highest BCUT2D eigenvalue weighted by molar-refractivity contribution is 7.85. The highest BCUT2D eigenvalue weighted by Crippen LogP contribution is 2.37. The van der Waals surface area contributed by atoms with Gasteiger partial charge in [0.2, 0.25) is 0 Å². The molecule has 34 heavy (non-hydrogen) atoms. The molecule has 0 spiro atoms. The predicted molar refractivity (Wildman–Crippen MR) is 114 cm³/mol. The van der Waals surface area contributed by atoms with Crippen LogP contribution in [0.1, 0.15) is 15.9 Å². The van der Waals surface area contributed by atoms with Gasteiger partial charge in [0.25, 0.3) is 21.7 Å². The molecule has 0 aromatic heterocycles. The van der Waals surface area contributed by atoms with Crippen LogP contribution < -0.4 is 10.1 Å². The van der Waals surface area contributed by atoms with Crippen molar-refractivity contribution in [2.24, 2.45) is 0 Å². The maximum Gasteiger partial charge on any atom is 0.416 e. The average Bonchev–Trinajstić information content (AvgIpc) is 2.74. The zero-order chi connectivity index (χ0) is 25.3. The van der Waals surface area contributed by atoms with Gasteiger partial charge in [-0.1, -0.05) is 11.6 Å². The first-order chi connectivity index (χ1) is 15.8. The van der Waals surface area contributed by atoms with E-state index in [2.05, 4.69) is 5.32 Å². The van der Waals surface area contributed by atoms with Crippen LogP contribution in [0.25, 0.3) is 0 Å². The Bertz CT molecular complexity index is 1380. The van der Waals surface area contributed by atoms with Crippen LogP contribution in [0.5, 0.6) is 11.5 Å². The summed E-state index contributed by atoms with van der Waals surface area (Å²) in [5, 5.41) is 13.3. The molecular formula is C20H12ClF3N2O7S. The number of carbonyl (C=O) groups is 1. The fourth-order valence-electron chi connectivity index (χ4n) is 2.72. The van der Waals surface area contributed by atoms with Crippen molar-refractivity contribution in [1.82, 2.24) is 0 Å². The summed E-state index contributed by atoms with van der Waals surface area (Å²) >= 11 is 5.85. The van der Waals surface area contributed by atoms with Gasteiger partial charge in [-0.25, -0.2) is 0 Å². The number of ether oxygens (including phenoxy) is 1. The van der Waals surface area contributed by atoms with E-state index in [9.17, 15) is 36.5 Å². The van der Waals surface area contributed by atoms with Crippen molar-refractivity contribution in [3.05, 3.63) is 86.9 Å². The number of nitrogens with zero attached hydrogens (tertiary/aromatic N) is 1. The quantitative estimate of drug-likeness (QED) is 0.249. The summed E-state index contributed by atoms with van der Waals surface area (Å²) < 4.78 is 75.0. The summed E-state index contributed by atoms with van der Waals surface area (Å²) in [6.07, 6.45) is -4.62. The van der Waals surface area contributed by atoms with Gasteiger partial charge in [-0.05, 0) is 48.5 Å². The van der Waals surface area contributed by atoms with Gasteiger partial charge >= 0.3 is 6.18 Å². The Balaban J connectivity index is 1.89. The second kappa shape index (κ2) is 9.29. The number of halogens is 4. The topological polar surface area (TPSA) is 136 Å². The molecule has 0 heterocycles. The lowest BCUT2D eigenvalue weighted by atomic mass is 10.1. The van der Waals surface area contributed by atoms with Gasteiger partial charge in [0, 0.05) is 17.8 Å². The van der Waals surface area contributed by atoms with Crippen LogP contribution >= 0.6 is 11.6 Å². The molecular weight excluding hydrogens is 505 g/mol. The number of anilines is 1. The van der Waals surface area contributed by atoms with E-state index >= 15 is 0 Å². The van der Waals surface area contributed by atoms with Crippen LogP contribution in [0.3, 0.4) is 0 Å². The summed E-state index contributed by atoms with van der Waals surface area (Å²) in [4.78, 5) is 22.8. The number of amides is 1. The lowest BCUT2D eigenvalue weighted by Crippen LogP contribution is -2.14. The third-order valence-corrected chi connectivity index (χ3v) is 5.47. The molecule has 14 heteroatoms. The minimum atomic E-state index is -4.62. The number of carbonyl (C=O) groups excluding carboxylic acids is 1. The molecule has 0 bridgehead atoms. The molecule has 3 aromatic carbocycles. The third-order valence-electron chi connectivity index (χ3n) is 4.31. The first-order valence-electron chi connectivity index (χ1n) is 8.97. The molecule has 0 aliphatic carbocycles. The molecule has 0 aliphatic heterocycles. The Labute approximate surface area is 194 Å². The standard InChI is InChI=1S/C20H12ClF3N2O7S/c21-16-9-11(20(22,23)24)1-8-18(16)33-13-4-7-17(26(28)29)15(10-13)19(27)25-12-2-5-14(6-3-12)34(30,31)32/h1-10H,(H,25,27)(H,30,31,32). The summed E-state index contributed by atoms with van der Waals surface area (Å²) in [5.74, 6) is -1.27. The lowest BCUT2D eigenvalue weighted by Gasteiger charge is -2.12. The minimum Gasteiger partial charge on any atom is -0.456 e. The molecule has 1 amide bonds. The molecule has 9 nitrogen and oxygen atoms in total. The van der Waals surface area contributed by atoms with Crippen LogP contribution in [0.15, 0.2) is 65.6 Å². The number of rotatable bonds is 6. The van der Waals surface area contributed by atoms with Crippen molar-refractivity contribution in [2.75, 3.05) is 5.32 Å². The van der Waals surface area contributed by atoms with Gasteiger partial charge in [-0.15, -0.1) is 0 Å². The maximum absolute atomic E-state index is 12.8. The van der Waals surface area contributed by atoms with Gasteiger partial charge in [-0.2, -0.15) is 21.6 Å². The number of alkyl halides is 3. The molecule has 0 aliphatic rings. The molecule has 0 radical (unpaired) electrons. The monoisotopic (exact) mass is 516 g/mol. The molecule has 0 saturated heterocycles. The molecule has 2 N–H and O–H groups in total. The first kappa shape index (κ1) is 25.0. The average molecular weight is 517 g/mol. The Morgan fingerprint density at radius 3 is 2.24 bits per heavy atom. The SMILES string of the molecule is O=C(Nc1ccc(S(=O)(=O)O)cc1)c1cc(Oc2ccc(C(F)(F)F)cc2Cl)ccc1[N+](=O)[O-]. The normalized spacial score (nSPS) is 11.7. The van der Waals surface area contributed by atoms with Crippen molar-refractivity contribution in [1.29, 1.82) is 0 Å². The highest BCUT2D eigenvalue weighted by atomic mass is 35.5. The van der Waals surface area contributed by atoms with E-state index in [1.165, 1.54) is 0 Å².